The maximum absolute atomic E-state index is 13.3. The van der Waals surface area contributed by atoms with Gasteiger partial charge in [0.1, 0.15) is 15.8 Å². The van der Waals surface area contributed by atoms with Crippen LogP contribution >= 0.6 is 35.6 Å². The van der Waals surface area contributed by atoms with Crippen LogP contribution in [-0.2, 0) is 14.6 Å². The first-order valence-corrected chi connectivity index (χ1v) is 15.2. The summed E-state index contributed by atoms with van der Waals surface area (Å²) in [5.41, 5.74) is 2.98. The monoisotopic (exact) mass is 573 g/mol. The third-order valence-corrected chi connectivity index (χ3v) is 9.49. The molecule has 5 rings (SSSR count). The minimum atomic E-state index is -3.16. The molecular weight excluding hydrogens is 550 g/mol. The summed E-state index contributed by atoms with van der Waals surface area (Å²) in [5.74, 6) is 0.329. The molecular formula is C26H24ClN3O4S3. The van der Waals surface area contributed by atoms with Crippen molar-refractivity contribution in [2.24, 2.45) is 0 Å². The van der Waals surface area contributed by atoms with Crippen molar-refractivity contribution < 1.29 is 17.9 Å². The van der Waals surface area contributed by atoms with Gasteiger partial charge >= 0.3 is 0 Å². The van der Waals surface area contributed by atoms with Crippen molar-refractivity contribution in [2.75, 3.05) is 18.1 Å². The Labute approximate surface area is 230 Å². The normalized spacial score (nSPS) is 20.2. The van der Waals surface area contributed by atoms with Gasteiger partial charge in [-0.15, -0.1) is 0 Å². The Morgan fingerprint density at radius 3 is 2.70 bits per heavy atom. The number of thiocarbonyl (C=S) groups is 1. The van der Waals surface area contributed by atoms with E-state index in [9.17, 15) is 13.2 Å². The highest BCUT2D eigenvalue weighted by atomic mass is 35.5. The summed E-state index contributed by atoms with van der Waals surface area (Å²) in [6, 6.07) is 14.7. The quantitative estimate of drug-likeness (QED) is 0.278. The van der Waals surface area contributed by atoms with E-state index < -0.39 is 15.9 Å². The highest BCUT2D eigenvalue weighted by Crippen LogP contribution is 2.38. The molecule has 7 nitrogen and oxygen atoms in total. The lowest BCUT2D eigenvalue weighted by Crippen LogP contribution is -2.39. The Morgan fingerprint density at radius 1 is 1.24 bits per heavy atom. The first-order chi connectivity index (χ1) is 17.8. The van der Waals surface area contributed by atoms with Crippen molar-refractivity contribution in [3.63, 3.8) is 0 Å². The molecule has 2 aliphatic rings. The maximum Gasteiger partial charge on any atom is 0.266 e. The second-order valence-corrected chi connectivity index (χ2v) is 13.1. The van der Waals surface area contributed by atoms with E-state index in [2.05, 4.69) is 0 Å². The van der Waals surface area contributed by atoms with Crippen LogP contribution in [0.4, 0.5) is 0 Å². The molecule has 37 heavy (non-hydrogen) atoms. The number of benzene rings is 2. The standard InChI is InChI=1S/C26H24ClN3O4S3/c1-2-11-34-22-9-8-17(13-21(22)27)24-18(15-29(28-24)19-6-4-3-5-7-19)14-23-25(31)30(26(35)36-23)20-10-12-37(32,33)16-20/h3-9,13-15,20H,2,10-12,16H2,1H3/b23-14-. The summed E-state index contributed by atoms with van der Waals surface area (Å²) in [6.45, 7) is 2.59. The van der Waals surface area contributed by atoms with Gasteiger partial charge < -0.3 is 4.74 Å². The lowest BCUT2D eigenvalue weighted by molar-refractivity contribution is -0.123. The topological polar surface area (TPSA) is 81.5 Å². The predicted molar refractivity (Wildman–Crippen MR) is 152 cm³/mol. The molecule has 1 aromatic heterocycles. The number of halogens is 1. The number of sulfone groups is 1. The van der Waals surface area contributed by atoms with Gasteiger partial charge in [0.2, 0.25) is 0 Å². The third-order valence-electron chi connectivity index (χ3n) is 6.11. The zero-order valence-electron chi connectivity index (χ0n) is 20.0. The predicted octanol–water partition coefficient (Wildman–Crippen LogP) is 5.37. The Hall–Kier alpha value is -2.66. The molecule has 0 N–H and O–H groups in total. The van der Waals surface area contributed by atoms with Gasteiger partial charge in [-0.25, -0.2) is 13.1 Å². The molecule has 0 radical (unpaired) electrons. The van der Waals surface area contributed by atoms with Crippen LogP contribution in [0.1, 0.15) is 25.3 Å². The van der Waals surface area contributed by atoms with Gasteiger partial charge in [-0.3, -0.25) is 9.69 Å². The Bertz CT molecular complexity index is 1500. The second-order valence-electron chi connectivity index (χ2n) is 8.82. The number of ether oxygens (including phenoxy) is 1. The molecule has 2 aromatic carbocycles. The minimum absolute atomic E-state index is 0.0607. The SMILES string of the molecule is CCCOc1ccc(-c2nn(-c3ccccc3)cc2/C=C2\SC(=S)N(C3CCS(=O)(=O)C3)C2=O)cc1Cl. The first-order valence-electron chi connectivity index (χ1n) is 11.8. The van der Waals surface area contributed by atoms with Crippen LogP contribution < -0.4 is 4.74 Å². The molecule has 0 aliphatic carbocycles. The minimum Gasteiger partial charge on any atom is -0.492 e. The van der Waals surface area contributed by atoms with E-state index in [1.165, 1.54) is 16.7 Å². The second kappa shape index (κ2) is 10.6. The lowest BCUT2D eigenvalue weighted by Gasteiger charge is -2.20. The van der Waals surface area contributed by atoms with Crippen LogP contribution in [0.25, 0.3) is 23.0 Å². The van der Waals surface area contributed by atoms with E-state index in [0.717, 1.165) is 17.7 Å². The highest BCUT2D eigenvalue weighted by Gasteiger charge is 2.42. The van der Waals surface area contributed by atoms with E-state index in [1.807, 2.05) is 55.6 Å². The van der Waals surface area contributed by atoms with Crippen molar-refractivity contribution in [3.8, 4) is 22.7 Å². The molecule has 1 amide bonds. The number of thioether (sulfide) groups is 1. The lowest BCUT2D eigenvalue weighted by atomic mass is 10.1. The fourth-order valence-corrected chi connectivity index (χ4v) is 7.65. The summed E-state index contributed by atoms with van der Waals surface area (Å²) in [5, 5.41) is 5.28. The summed E-state index contributed by atoms with van der Waals surface area (Å²) in [4.78, 5) is 15.2. The largest absolute Gasteiger partial charge is 0.492 e. The van der Waals surface area contributed by atoms with Gasteiger partial charge in [-0.05, 0) is 49.2 Å². The van der Waals surface area contributed by atoms with Gasteiger partial charge in [-0.2, -0.15) is 5.10 Å². The van der Waals surface area contributed by atoms with Crippen molar-refractivity contribution in [2.45, 2.75) is 25.8 Å². The number of hydrogen-bond acceptors (Lipinski definition) is 7. The average Bonchev–Trinajstić information content (AvgIpc) is 3.54. The van der Waals surface area contributed by atoms with Gasteiger partial charge in [0, 0.05) is 17.3 Å². The molecule has 192 valence electrons. The molecule has 3 heterocycles. The third kappa shape index (κ3) is 5.47. The van der Waals surface area contributed by atoms with Crippen molar-refractivity contribution in [3.05, 3.63) is 70.2 Å². The van der Waals surface area contributed by atoms with Crippen LogP contribution in [0.5, 0.6) is 5.75 Å². The molecule has 2 saturated heterocycles. The van der Waals surface area contributed by atoms with Crippen LogP contribution in [0.3, 0.4) is 0 Å². The molecule has 1 atom stereocenters. The molecule has 1 unspecified atom stereocenters. The van der Waals surface area contributed by atoms with E-state index in [4.69, 9.17) is 33.7 Å². The van der Waals surface area contributed by atoms with Crippen molar-refractivity contribution in [1.29, 1.82) is 0 Å². The Balaban J connectivity index is 1.53. The summed E-state index contributed by atoms with van der Waals surface area (Å²) >= 11 is 13.2. The molecule has 2 fully saturated rings. The molecule has 0 saturated carbocycles. The number of carbonyl (C=O) groups excluding carboxylic acids is 1. The number of nitrogens with zero attached hydrogens (tertiary/aromatic N) is 3. The zero-order valence-corrected chi connectivity index (χ0v) is 23.2. The van der Waals surface area contributed by atoms with E-state index in [-0.39, 0.29) is 17.4 Å². The number of amides is 1. The highest BCUT2D eigenvalue weighted by molar-refractivity contribution is 8.26. The number of rotatable bonds is 7. The molecule has 3 aromatic rings. The number of aromatic nitrogens is 2. The fraction of sp³-hybridized carbons (Fsp3) is 0.269. The average molecular weight is 574 g/mol. The summed E-state index contributed by atoms with van der Waals surface area (Å²) in [6.07, 6.45) is 4.88. The zero-order chi connectivity index (χ0) is 26.2. The van der Waals surface area contributed by atoms with Gasteiger partial charge in [0.05, 0.1) is 39.8 Å². The van der Waals surface area contributed by atoms with Crippen molar-refractivity contribution in [1.82, 2.24) is 14.7 Å². The molecule has 11 heteroatoms. The van der Waals surface area contributed by atoms with Gasteiger partial charge in [0.15, 0.2) is 9.84 Å². The number of para-hydroxylation sites is 1. The Morgan fingerprint density at radius 2 is 2.03 bits per heavy atom. The smallest absolute Gasteiger partial charge is 0.266 e. The van der Waals surface area contributed by atoms with Gasteiger partial charge in [0.25, 0.3) is 5.91 Å². The molecule has 0 bridgehead atoms. The summed E-state index contributed by atoms with van der Waals surface area (Å²) in [7, 11) is -3.16. The molecule has 2 aliphatic heterocycles. The fourth-order valence-electron chi connectivity index (χ4n) is 4.32. The van der Waals surface area contributed by atoms with Crippen LogP contribution in [0.2, 0.25) is 5.02 Å². The summed E-state index contributed by atoms with van der Waals surface area (Å²) < 4.78 is 31.8. The van der Waals surface area contributed by atoms with E-state index in [1.54, 1.807) is 16.8 Å². The number of carbonyl (C=O) groups is 1. The van der Waals surface area contributed by atoms with Crippen LogP contribution in [0, 0.1) is 0 Å². The van der Waals surface area contributed by atoms with Crippen molar-refractivity contribution >= 4 is 61.7 Å². The first kappa shape index (κ1) is 26.0. The maximum atomic E-state index is 13.3. The van der Waals surface area contributed by atoms with Crippen LogP contribution in [-0.4, -0.2) is 57.5 Å². The van der Waals surface area contributed by atoms with Gasteiger partial charge in [-0.1, -0.05) is 60.7 Å². The van der Waals surface area contributed by atoms with E-state index in [0.29, 0.717) is 44.3 Å². The number of hydrogen-bond donors (Lipinski definition) is 0. The molecule has 0 spiro atoms. The Kier molecular flexibility index (Phi) is 7.44. The van der Waals surface area contributed by atoms with E-state index >= 15 is 0 Å². The van der Waals surface area contributed by atoms with Crippen LogP contribution in [0.15, 0.2) is 59.6 Å².